The summed E-state index contributed by atoms with van der Waals surface area (Å²) in [6.45, 7) is 0. The van der Waals surface area contributed by atoms with Gasteiger partial charge in [0.2, 0.25) is 0 Å². The fourth-order valence-corrected chi connectivity index (χ4v) is 1.88. The molecule has 0 aromatic heterocycles. The summed E-state index contributed by atoms with van der Waals surface area (Å²) in [4.78, 5) is 0. The molecule has 108 valence electrons. The van der Waals surface area contributed by atoms with Crippen molar-refractivity contribution < 1.29 is 27.4 Å². The number of hydrogen-bond donors (Lipinski definition) is 1. The molecule has 6 heteroatoms. The van der Waals surface area contributed by atoms with Gasteiger partial charge in [0.1, 0.15) is 11.9 Å². The van der Waals surface area contributed by atoms with Gasteiger partial charge in [-0.1, -0.05) is 18.2 Å². The van der Waals surface area contributed by atoms with Gasteiger partial charge in [-0.15, -0.1) is 0 Å². The Hall–Kier alpha value is -1.82. The molecule has 0 bridgehead atoms. The minimum absolute atomic E-state index is 0.257. The Bertz CT molecular complexity index is 613. The van der Waals surface area contributed by atoms with E-state index in [-0.39, 0.29) is 5.56 Å². The van der Waals surface area contributed by atoms with Crippen LogP contribution in [0.15, 0.2) is 36.4 Å². The van der Waals surface area contributed by atoms with Crippen LogP contribution in [-0.2, 0) is 0 Å². The molecule has 0 spiro atoms. The van der Waals surface area contributed by atoms with Crippen LogP contribution in [0.2, 0.25) is 0 Å². The van der Waals surface area contributed by atoms with Gasteiger partial charge < -0.3 is 9.84 Å². The Morgan fingerprint density at radius 2 is 1.65 bits per heavy atom. The zero-order chi connectivity index (χ0) is 14.9. The van der Waals surface area contributed by atoms with E-state index in [2.05, 4.69) is 0 Å². The molecular weight excluding hydrogens is 276 g/mol. The Kier molecular flexibility index (Phi) is 3.85. The second-order valence-electron chi connectivity index (χ2n) is 4.35. The maximum absolute atomic E-state index is 13.1. The van der Waals surface area contributed by atoms with Gasteiger partial charge in [-0.2, -0.15) is 8.78 Å². The maximum atomic E-state index is 13.1. The zero-order valence-electron chi connectivity index (χ0n) is 10.5. The lowest BCUT2D eigenvalue weighted by molar-refractivity contribution is -0.193. The summed E-state index contributed by atoms with van der Waals surface area (Å²) in [6, 6.07) is 8.82. The van der Waals surface area contributed by atoms with Crippen LogP contribution in [0.4, 0.5) is 17.6 Å². The number of aliphatic hydroxyl groups is 1. The summed E-state index contributed by atoms with van der Waals surface area (Å²) >= 11 is 0. The lowest BCUT2D eigenvalue weighted by Crippen LogP contribution is -2.34. The molecule has 1 unspecified atom stereocenters. The third-order valence-electron chi connectivity index (χ3n) is 3.04. The van der Waals surface area contributed by atoms with Crippen LogP contribution in [0.1, 0.15) is 11.7 Å². The summed E-state index contributed by atoms with van der Waals surface area (Å²) in [5, 5.41) is 10.7. The lowest BCUT2D eigenvalue weighted by Gasteiger charge is -2.22. The van der Waals surface area contributed by atoms with Crippen LogP contribution in [0.25, 0.3) is 10.8 Å². The van der Waals surface area contributed by atoms with Crippen molar-refractivity contribution in [3.63, 3.8) is 0 Å². The molecule has 0 aliphatic heterocycles. The van der Waals surface area contributed by atoms with Gasteiger partial charge in [0.25, 0.3) is 0 Å². The van der Waals surface area contributed by atoms with Gasteiger partial charge in [-0.25, -0.2) is 8.78 Å². The first kappa shape index (κ1) is 14.6. The lowest BCUT2D eigenvalue weighted by atomic mass is 10.00. The third kappa shape index (κ3) is 2.56. The fraction of sp³-hybridized carbons (Fsp3) is 0.286. The molecule has 0 amide bonds. The number of aliphatic hydroxyl groups excluding tert-OH is 1. The number of benzene rings is 2. The van der Waals surface area contributed by atoms with Crippen LogP contribution in [0, 0.1) is 0 Å². The van der Waals surface area contributed by atoms with Gasteiger partial charge in [0.05, 0.1) is 7.11 Å². The normalized spacial score (nSPS) is 13.8. The van der Waals surface area contributed by atoms with E-state index in [1.165, 1.54) is 25.3 Å². The molecule has 0 saturated heterocycles. The van der Waals surface area contributed by atoms with Crippen molar-refractivity contribution in [2.24, 2.45) is 0 Å². The second kappa shape index (κ2) is 5.28. The second-order valence-corrected chi connectivity index (χ2v) is 4.35. The number of ether oxygens (including phenoxy) is 1. The molecule has 0 aliphatic rings. The molecule has 0 saturated carbocycles. The smallest absolute Gasteiger partial charge is 0.336 e. The fourth-order valence-electron chi connectivity index (χ4n) is 1.88. The topological polar surface area (TPSA) is 29.5 Å². The molecule has 1 atom stereocenters. The van der Waals surface area contributed by atoms with Crippen LogP contribution in [0.3, 0.4) is 0 Å². The van der Waals surface area contributed by atoms with Crippen LogP contribution >= 0.6 is 0 Å². The summed E-state index contributed by atoms with van der Waals surface area (Å²) in [6.07, 6.45) is -6.47. The van der Waals surface area contributed by atoms with Gasteiger partial charge in [0, 0.05) is 0 Å². The van der Waals surface area contributed by atoms with E-state index in [1.807, 2.05) is 0 Å². The monoisotopic (exact) mass is 288 g/mol. The number of halogens is 4. The van der Waals surface area contributed by atoms with Crippen molar-refractivity contribution in [2.75, 3.05) is 7.11 Å². The van der Waals surface area contributed by atoms with E-state index in [1.54, 1.807) is 18.2 Å². The van der Waals surface area contributed by atoms with Crippen molar-refractivity contribution in [3.05, 3.63) is 42.0 Å². The molecule has 0 fully saturated rings. The van der Waals surface area contributed by atoms with Crippen molar-refractivity contribution in [2.45, 2.75) is 18.5 Å². The Morgan fingerprint density at radius 1 is 1.05 bits per heavy atom. The molecule has 2 nitrogen and oxygen atoms in total. The summed E-state index contributed by atoms with van der Waals surface area (Å²) in [5.41, 5.74) is -0.257. The minimum Gasteiger partial charge on any atom is -0.497 e. The van der Waals surface area contributed by atoms with E-state index < -0.39 is 18.5 Å². The molecule has 1 N–H and O–H groups in total. The molecule has 0 radical (unpaired) electrons. The summed E-state index contributed by atoms with van der Waals surface area (Å²) < 4.78 is 55.7. The first-order valence-corrected chi connectivity index (χ1v) is 5.78. The Balaban J connectivity index is 2.42. The van der Waals surface area contributed by atoms with Crippen molar-refractivity contribution >= 4 is 10.8 Å². The highest BCUT2D eigenvalue weighted by molar-refractivity contribution is 5.84. The van der Waals surface area contributed by atoms with Gasteiger partial charge in [0.15, 0.2) is 0 Å². The summed E-state index contributed by atoms with van der Waals surface area (Å²) in [5.74, 6) is -3.90. The minimum atomic E-state index is -4.49. The van der Waals surface area contributed by atoms with Gasteiger partial charge >= 0.3 is 12.3 Å². The number of fused-ring (bicyclic) bond motifs is 1. The quantitative estimate of drug-likeness (QED) is 0.867. The molecule has 0 aliphatic carbocycles. The number of hydrogen-bond acceptors (Lipinski definition) is 2. The number of alkyl halides is 4. The van der Waals surface area contributed by atoms with E-state index in [4.69, 9.17) is 4.74 Å². The van der Waals surface area contributed by atoms with E-state index >= 15 is 0 Å². The molecule has 0 heterocycles. The maximum Gasteiger partial charge on any atom is 0.336 e. The average molecular weight is 288 g/mol. The van der Waals surface area contributed by atoms with Gasteiger partial charge in [-0.05, 0) is 34.5 Å². The highest BCUT2D eigenvalue weighted by Gasteiger charge is 2.48. The highest BCUT2D eigenvalue weighted by atomic mass is 19.3. The number of rotatable bonds is 4. The molecule has 2 aromatic rings. The SMILES string of the molecule is COc1ccc2cc(C(O)C(F)(F)C(F)F)ccc2c1. The molecule has 20 heavy (non-hydrogen) atoms. The Labute approximate surface area is 112 Å². The zero-order valence-corrected chi connectivity index (χ0v) is 10.5. The van der Waals surface area contributed by atoms with E-state index in [9.17, 15) is 22.7 Å². The molecule has 2 aromatic carbocycles. The van der Waals surface area contributed by atoms with Crippen molar-refractivity contribution in [3.8, 4) is 5.75 Å². The predicted octanol–water partition coefficient (Wildman–Crippen LogP) is 3.78. The van der Waals surface area contributed by atoms with Crippen LogP contribution in [-0.4, -0.2) is 24.6 Å². The highest BCUT2D eigenvalue weighted by Crippen LogP contribution is 2.37. The van der Waals surface area contributed by atoms with Crippen LogP contribution < -0.4 is 4.74 Å². The Morgan fingerprint density at radius 3 is 2.25 bits per heavy atom. The van der Waals surface area contributed by atoms with Gasteiger partial charge in [-0.3, -0.25) is 0 Å². The van der Waals surface area contributed by atoms with E-state index in [0.29, 0.717) is 16.5 Å². The predicted molar refractivity (Wildman–Crippen MR) is 66.4 cm³/mol. The molecule has 2 rings (SSSR count). The van der Waals surface area contributed by atoms with Crippen LogP contribution in [0.5, 0.6) is 5.75 Å². The summed E-state index contributed by atoms with van der Waals surface area (Å²) in [7, 11) is 1.49. The first-order valence-electron chi connectivity index (χ1n) is 5.78. The van der Waals surface area contributed by atoms with Crippen molar-refractivity contribution in [1.29, 1.82) is 0 Å². The number of methoxy groups -OCH3 is 1. The largest absolute Gasteiger partial charge is 0.497 e. The standard InChI is InChI=1S/C14H12F4O2/c1-20-11-5-4-8-6-10(3-2-9(8)7-11)12(19)14(17,18)13(15)16/h2-7,12-13,19H,1H3. The first-order chi connectivity index (χ1) is 9.36. The van der Waals surface area contributed by atoms with Crippen molar-refractivity contribution in [1.82, 2.24) is 0 Å². The molecular formula is C14H12F4O2. The van der Waals surface area contributed by atoms with E-state index in [0.717, 1.165) is 0 Å². The third-order valence-corrected chi connectivity index (χ3v) is 3.04. The average Bonchev–Trinajstić information content (AvgIpc) is 2.45.